The van der Waals surface area contributed by atoms with Gasteiger partial charge in [-0.3, -0.25) is 0 Å². The third kappa shape index (κ3) is 5.07. The van der Waals surface area contributed by atoms with E-state index in [-0.39, 0.29) is 42.6 Å². The minimum Gasteiger partial charge on any atom is -0.177 e. The monoisotopic (exact) mass is 242 g/mol. The van der Waals surface area contributed by atoms with Gasteiger partial charge in [0.2, 0.25) is 0 Å². The van der Waals surface area contributed by atoms with Gasteiger partial charge in [-0.15, -0.1) is 0 Å². The summed E-state index contributed by atoms with van der Waals surface area (Å²) >= 11 is 0. The molecular weight excluding hydrogens is 228 g/mol. The molecule has 0 amide bonds. The van der Waals surface area contributed by atoms with Gasteiger partial charge in [0.25, 0.3) is 0 Å². The predicted octanol–water partition coefficient (Wildman–Crippen LogP) is 2.47. The Morgan fingerprint density at radius 1 is 1.00 bits per heavy atom. The number of hydrogen-bond acceptors (Lipinski definition) is 0. The maximum atomic E-state index is 3.21. The summed E-state index contributed by atoms with van der Waals surface area (Å²) in [5.74, 6) is 0. The molecule has 2 heteroatoms. The molecule has 0 bridgehead atoms. The van der Waals surface area contributed by atoms with E-state index in [0.717, 1.165) is 0 Å². The van der Waals surface area contributed by atoms with Crippen LogP contribution < -0.4 is 0 Å². The molecule has 1 unspecified atom stereocenters. The maximum Gasteiger partial charge on any atom is 0 e. The van der Waals surface area contributed by atoms with Gasteiger partial charge >= 0.3 is 0 Å². The molecule has 1 radical (unpaired) electrons. The fraction of sp³-hybridized carbons (Fsp3) is 0.333. The molecule has 0 fully saturated rings. The molecule has 0 aliphatic heterocycles. The Hall–Kier alpha value is 0.754. The molecule has 11 heavy (non-hydrogen) atoms. The van der Waals surface area contributed by atoms with Crippen molar-refractivity contribution in [3.63, 3.8) is 0 Å². The van der Waals surface area contributed by atoms with Gasteiger partial charge in [-0.25, -0.2) is 0 Å². The van der Waals surface area contributed by atoms with E-state index in [0.29, 0.717) is 0 Å². The van der Waals surface area contributed by atoms with Crippen LogP contribution in [-0.2, 0) is 32.7 Å². The number of aryl methyl sites for hydroxylation is 3. The minimum atomic E-state index is 0. The topological polar surface area (TPSA) is 0 Å². The maximum absolute atomic E-state index is 3.21. The third-order valence-electron chi connectivity index (χ3n) is 1.28. The Morgan fingerprint density at radius 3 is 1.64 bits per heavy atom. The second-order valence-electron chi connectivity index (χ2n) is 2.52. The standard InChI is InChI=1S/C9H11.H3P.Y/c1-7-4-8(2)6-9(3)5-7;;/h4-5H,1-3H3;1H3;/q-1;;. The molecule has 0 spiro atoms. The molecule has 0 aliphatic rings. The van der Waals surface area contributed by atoms with E-state index in [2.05, 4.69) is 39.0 Å². The summed E-state index contributed by atoms with van der Waals surface area (Å²) in [6, 6.07) is 7.47. The SMILES string of the molecule is Cc1[c-]c(C)cc(C)c1.P.[Y]. The molecule has 59 valence electrons. The Labute approximate surface area is 97.7 Å². The van der Waals surface area contributed by atoms with Gasteiger partial charge in [0.05, 0.1) is 0 Å². The number of rotatable bonds is 0. The van der Waals surface area contributed by atoms with Crippen molar-refractivity contribution in [1.29, 1.82) is 0 Å². The molecule has 0 saturated carbocycles. The second kappa shape index (κ2) is 6.29. The average Bonchev–Trinajstić information content (AvgIpc) is 1.59. The van der Waals surface area contributed by atoms with E-state index in [1.54, 1.807) is 0 Å². The third-order valence-corrected chi connectivity index (χ3v) is 1.28. The molecule has 1 atom stereocenters. The number of hydrogen-bond donors (Lipinski definition) is 0. The van der Waals surface area contributed by atoms with Crippen molar-refractivity contribution < 1.29 is 32.7 Å². The van der Waals surface area contributed by atoms with Crippen molar-refractivity contribution in [3.8, 4) is 0 Å². The van der Waals surface area contributed by atoms with Crippen molar-refractivity contribution in [2.75, 3.05) is 0 Å². The first-order chi connectivity index (χ1) is 4.18. The van der Waals surface area contributed by atoms with Crippen LogP contribution >= 0.6 is 9.90 Å². The summed E-state index contributed by atoms with van der Waals surface area (Å²) in [6.07, 6.45) is 0. The van der Waals surface area contributed by atoms with E-state index < -0.39 is 0 Å². The van der Waals surface area contributed by atoms with Crippen molar-refractivity contribution in [2.24, 2.45) is 0 Å². The smallest absolute Gasteiger partial charge is 0 e. The van der Waals surface area contributed by atoms with Crippen LogP contribution in [0.25, 0.3) is 0 Å². The van der Waals surface area contributed by atoms with Gasteiger partial charge in [-0.1, -0.05) is 20.8 Å². The summed E-state index contributed by atoms with van der Waals surface area (Å²) in [4.78, 5) is 0. The van der Waals surface area contributed by atoms with Gasteiger partial charge in [-0.2, -0.15) is 44.8 Å². The summed E-state index contributed by atoms with van der Waals surface area (Å²) in [5.41, 5.74) is 3.78. The van der Waals surface area contributed by atoms with Crippen molar-refractivity contribution in [1.82, 2.24) is 0 Å². The molecular formula is C9H14PY-. The van der Waals surface area contributed by atoms with Crippen LogP contribution in [-0.4, -0.2) is 0 Å². The first-order valence-corrected chi connectivity index (χ1v) is 3.15. The molecule has 0 saturated heterocycles. The molecule has 0 aromatic heterocycles. The molecule has 0 nitrogen and oxygen atoms in total. The second-order valence-corrected chi connectivity index (χ2v) is 2.52. The van der Waals surface area contributed by atoms with Gasteiger partial charge in [-0.05, 0) is 0 Å². The molecule has 0 aliphatic carbocycles. The summed E-state index contributed by atoms with van der Waals surface area (Å²) in [7, 11) is 0. The van der Waals surface area contributed by atoms with Crippen molar-refractivity contribution in [3.05, 3.63) is 34.9 Å². The van der Waals surface area contributed by atoms with Gasteiger partial charge < -0.3 is 0 Å². The normalized spacial score (nSPS) is 7.91. The molecule has 0 N–H and O–H groups in total. The van der Waals surface area contributed by atoms with E-state index in [1.807, 2.05) is 0 Å². The Morgan fingerprint density at radius 2 is 1.36 bits per heavy atom. The van der Waals surface area contributed by atoms with Crippen LogP contribution in [0.5, 0.6) is 0 Å². The molecule has 1 rings (SSSR count). The molecule has 1 aromatic carbocycles. The minimum absolute atomic E-state index is 0. The van der Waals surface area contributed by atoms with Crippen LogP contribution in [0.3, 0.4) is 0 Å². The van der Waals surface area contributed by atoms with E-state index in [4.69, 9.17) is 0 Å². The number of benzene rings is 1. The summed E-state index contributed by atoms with van der Waals surface area (Å²) in [6.45, 7) is 6.24. The van der Waals surface area contributed by atoms with Gasteiger partial charge in [0.1, 0.15) is 0 Å². The first kappa shape index (κ1) is 14.3. The van der Waals surface area contributed by atoms with Crippen LogP contribution in [0.1, 0.15) is 16.7 Å². The zero-order valence-corrected chi connectivity index (χ0v) is 11.7. The quantitative estimate of drug-likeness (QED) is 0.484. The van der Waals surface area contributed by atoms with Crippen LogP contribution in [0, 0.1) is 26.8 Å². The average molecular weight is 242 g/mol. The van der Waals surface area contributed by atoms with Crippen molar-refractivity contribution >= 4 is 9.90 Å². The first-order valence-electron chi connectivity index (χ1n) is 3.15. The zero-order chi connectivity index (χ0) is 6.85. The van der Waals surface area contributed by atoms with Gasteiger partial charge in [0.15, 0.2) is 0 Å². The Kier molecular flexibility index (Phi) is 8.17. The largest absolute Gasteiger partial charge is 0.177 e. The van der Waals surface area contributed by atoms with Gasteiger partial charge in [0, 0.05) is 32.7 Å². The van der Waals surface area contributed by atoms with E-state index >= 15 is 0 Å². The van der Waals surface area contributed by atoms with Crippen LogP contribution in [0.4, 0.5) is 0 Å². The predicted molar refractivity (Wildman–Crippen MR) is 50.6 cm³/mol. The molecule has 0 heterocycles. The molecule has 1 aromatic rings. The Bertz CT molecular complexity index is 170. The summed E-state index contributed by atoms with van der Waals surface area (Å²) in [5, 5.41) is 0. The fourth-order valence-electron chi connectivity index (χ4n) is 1.11. The van der Waals surface area contributed by atoms with Crippen LogP contribution in [0.2, 0.25) is 0 Å². The Balaban J connectivity index is 0. The van der Waals surface area contributed by atoms with E-state index in [9.17, 15) is 0 Å². The van der Waals surface area contributed by atoms with Crippen molar-refractivity contribution in [2.45, 2.75) is 20.8 Å². The summed E-state index contributed by atoms with van der Waals surface area (Å²) < 4.78 is 0. The fourth-order valence-corrected chi connectivity index (χ4v) is 1.11. The van der Waals surface area contributed by atoms with E-state index in [1.165, 1.54) is 16.7 Å². The zero-order valence-electron chi connectivity index (χ0n) is 7.44. The van der Waals surface area contributed by atoms with Crippen LogP contribution in [0.15, 0.2) is 12.1 Å².